The molecule has 0 unspecified atom stereocenters. The topological polar surface area (TPSA) is 37.9 Å². The summed E-state index contributed by atoms with van der Waals surface area (Å²) in [5, 5.41) is 3.02. The Balaban J connectivity index is 1.55. The number of rotatable bonds is 4. The molecule has 0 aliphatic heterocycles. The average Bonchev–Trinajstić information content (AvgIpc) is 3.19. The third kappa shape index (κ3) is 2.60. The lowest BCUT2D eigenvalue weighted by atomic mass is 10.1. The fourth-order valence-corrected chi connectivity index (χ4v) is 3.48. The van der Waals surface area contributed by atoms with Gasteiger partial charge in [0.1, 0.15) is 0 Å². The van der Waals surface area contributed by atoms with Crippen LogP contribution in [0.15, 0.2) is 55.4 Å². The fourth-order valence-electron chi connectivity index (χ4n) is 3.48. The minimum absolute atomic E-state index is 0.0232. The molecule has 1 N–H and O–H groups in total. The van der Waals surface area contributed by atoms with Gasteiger partial charge < -0.3 is 5.32 Å². The number of carbonyl (C=O) groups excluding carboxylic acids is 1. The van der Waals surface area contributed by atoms with Gasteiger partial charge in [-0.1, -0.05) is 24.8 Å². The van der Waals surface area contributed by atoms with Gasteiger partial charge >= 0.3 is 0 Å². The molecule has 2 aromatic carbocycles. The second-order valence-corrected chi connectivity index (χ2v) is 6.21. The van der Waals surface area contributed by atoms with Crippen LogP contribution in [-0.2, 0) is 24.2 Å². The van der Waals surface area contributed by atoms with Gasteiger partial charge in [0, 0.05) is 5.69 Å². The van der Waals surface area contributed by atoms with Gasteiger partial charge in [0.15, 0.2) is 17.6 Å². The Hall–Kier alpha value is -2.88. The first-order valence-corrected chi connectivity index (χ1v) is 8.28. The number of para-hydroxylation sites is 2. The number of aromatic nitrogens is 2. The van der Waals surface area contributed by atoms with Gasteiger partial charge in [-0.2, -0.15) is 0 Å². The van der Waals surface area contributed by atoms with E-state index in [-0.39, 0.29) is 12.5 Å². The zero-order valence-electron chi connectivity index (χ0n) is 13.5. The molecule has 4 heteroatoms. The first-order valence-electron chi connectivity index (χ1n) is 8.28. The normalized spacial score (nSPS) is 13.0. The monoisotopic (exact) mass is 318 g/mol. The molecule has 4 rings (SSSR count). The maximum Gasteiger partial charge on any atom is 0.266 e. The van der Waals surface area contributed by atoms with Crippen LogP contribution >= 0.6 is 0 Å². The Kier molecular flexibility index (Phi) is 3.65. The standard InChI is InChI=1S/C20H19N3O/c1-2-22-14-23(19-9-4-3-8-18(19)22)13-20(24)21-17-11-10-15-6-5-7-16(15)12-17/h2-4,8-12,14H,1,5-7,13H2/p+1. The summed E-state index contributed by atoms with van der Waals surface area (Å²) in [5.74, 6) is -0.0232. The first kappa shape index (κ1) is 14.7. The van der Waals surface area contributed by atoms with E-state index in [4.69, 9.17) is 0 Å². The Labute approximate surface area is 141 Å². The van der Waals surface area contributed by atoms with Crippen LogP contribution in [0.3, 0.4) is 0 Å². The summed E-state index contributed by atoms with van der Waals surface area (Å²) in [5.41, 5.74) is 5.72. The van der Waals surface area contributed by atoms with E-state index in [1.807, 2.05) is 45.8 Å². The molecule has 120 valence electrons. The van der Waals surface area contributed by atoms with E-state index in [1.54, 1.807) is 6.20 Å². The van der Waals surface area contributed by atoms with E-state index >= 15 is 0 Å². The lowest BCUT2D eigenvalue weighted by molar-refractivity contribution is -0.658. The number of imidazole rings is 1. The summed E-state index contributed by atoms with van der Waals surface area (Å²) in [4.78, 5) is 12.5. The molecule has 3 aromatic rings. The highest BCUT2D eigenvalue weighted by Gasteiger charge is 2.17. The largest absolute Gasteiger partial charge is 0.323 e. The molecule has 1 amide bonds. The van der Waals surface area contributed by atoms with Crippen LogP contribution in [0.1, 0.15) is 17.5 Å². The molecule has 1 aromatic heterocycles. The number of nitrogens with zero attached hydrogens (tertiary/aromatic N) is 2. The Morgan fingerprint density at radius 3 is 2.92 bits per heavy atom. The SMILES string of the molecule is C=Cn1c[n+](CC(=O)Nc2ccc3c(c2)CCC3)c2ccccc21. The Morgan fingerprint density at radius 2 is 2.04 bits per heavy atom. The van der Waals surface area contributed by atoms with E-state index in [1.165, 1.54) is 17.5 Å². The average molecular weight is 318 g/mol. The third-order valence-electron chi connectivity index (χ3n) is 4.63. The van der Waals surface area contributed by atoms with Crippen molar-refractivity contribution in [2.24, 2.45) is 0 Å². The molecule has 0 spiro atoms. The minimum atomic E-state index is -0.0232. The van der Waals surface area contributed by atoms with Crippen molar-refractivity contribution < 1.29 is 9.36 Å². The van der Waals surface area contributed by atoms with Crippen LogP contribution < -0.4 is 9.88 Å². The highest BCUT2D eigenvalue weighted by Crippen LogP contribution is 2.24. The van der Waals surface area contributed by atoms with Crippen LogP contribution in [-0.4, -0.2) is 10.5 Å². The number of hydrogen-bond donors (Lipinski definition) is 1. The number of fused-ring (bicyclic) bond motifs is 2. The molecule has 24 heavy (non-hydrogen) atoms. The Morgan fingerprint density at radius 1 is 1.21 bits per heavy atom. The van der Waals surface area contributed by atoms with E-state index in [2.05, 4.69) is 24.0 Å². The van der Waals surface area contributed by atoms with Crippen molar-refractivity contribution in [3.63, 3.8) is 0 Å². The quantitative estimate of drug-likeness (QED) is 0.737. The molecule has 0 radical (unpaired) electrons. The minimum Gasteiger partial charge on any atom is -0.323 e. The summed E-state index contributed by atoms with van der Waals surface area (Å²) in [7, 11) is 0. The summed E-state index contributed by atoms with van der Waals surface area (Å²) in [6.07, 6.45) is 7.13. The lowest BCUT2D eigenvalue weighted by Gasteiger charge is -2.06. The molecule has 1 aliphatic rings. The van der Waals surface area contributed by atoms with Crippen LogP contribution in [0, 0.1) is 0 Å². The number of anilines is 1. The van der Waals surface area contributed by atoms with Crippen LogP contribution in [0.25, 0.3) is 17.2 Å². The maximum atomic E-state index is 12.5. The zero-order valence-corrected chi connectivity index (χ0v) is 13.5. The fraction of sp³-hybridized carbons (Fsp3) is 0.200. The van der Waals surface area contributed by atoms with Crippen molar-refractivity contribution in [2.45, 2.75) is 25.8 Å². The lowest BCUT2D eigenvalue weighted by Crippen LogP contribution is -2.39. The molecule has 0 fully saturated rings. The molecule has 0 saturated heterocycles. The van der Waals surface area contributed by atoms with Crippen molar-refractivity contribution in [1.29, 1.82) is 0 Å². The van der Waals surface area contributed by atoms with E-state index < -0.39 is 0 Å². The molecular weight excluding hydrogens is 298 g/mol. The van der Waals surface area contributed by atoms with Crippen LogP contribution in [0.5, 0.6) is 0 Å². The summed E-state index contributed by atoms with van der Waals surface area (Å²) >= 11 is 0. The number of benzene rings is 2. The molecule has 0 bridgehead atoms. The van der Waals surface area contributed by atoms with E-state index in [0.717, 1.165) is 29.6 Å². The molecule has 0 saturated carbocycles. The number of carbonyl (C=O) groups is 1. The first-order chi connectivity index (χ1) is 11.7. The van der Waals surface area contributed by atoms with Gasteiger partial charge in [-0.3, -0.25) is 4.79 Å². The van der Waals surface area contributed by atoms with Gasteiger partial charge in [-0.05, 0) is 54.7 Å². The van der Waals surface area contributed by atoms with Crippen molar-refractivity contribution in [3.05, 3.63) is 66.5 Å². The smallest absolute Gasteiger partial charge is 0.266 e. The van der Waals surface area contributed by atoms with Crippen LogP contribution in [0.4, 0.5) is 5.69 Å². The predicted molar refractivity (Wildman–Crippen MR) is 95.6 cm³/mol. The van der Waals surface area contributed by atoms with Crippen molar-refractivity contribution in [2.75, 3.05) is 5.32 Å². The highest BCUT2D eigenvalue weighted by molar-refractivity contribution is 5.90. The van der Waals surface area contributed by atoms with Gasteiger partial charge in [0.25, 0.3) is 5.91 Å². The zero-order chi connectivity index (χ0) is 16.5. The number of hydrogen-bond acceptors (Lipinski definition) is 1. The molecule has 4 nitrogen and oxygen atoms in total. The highest BCUT2D eigenvalue weighted by atomic mass is 16.1. The second-order valence-electron chi connectivity index (χ2n) is 6.21. The molecule has 1 aliphatic carbocycles. The Bertz CT molecular complexity index is 939. The number of nitrogens with one attached hydrogen (secondary N) is 1. The van der Waals surface area contributed by atoms with E-state index in [9.17, 15) is 4.79 Å². The van der Waals surface area contributed by atoms with Crippen LogP contribution in [0.2, 0.25) is 0 Å². The van der Waals surface area contributed by atoms with Gasteiger partial charge in [-0.15, -0.1) is 0 Å². The van der Waals surface area contributed by atoms with Gasteiger partial charge in [-0.25, -0.2) is 9.13 Å². The predicted octanol–water partition coefficient (Wildman–Crippen LogP) is 3.16. The summed E-state index contributed by atoms with van der Waals surface area (Å²) < 4.78 is 3.87. The summed E-state index contributed by atoms with van der Waals surface area (Å²) in [6.45, 7) is 4.10. The van der Waals surface area contributed by atoms with Crippen molar-refractivity contribution >= 4 is 28.8 Å². The third-order valence-corrected chi connectivity index (χ3v) is 4.63. The number of aryl methyl sites for hydroxylation is 2. The van der Waals surface area contributed by atoms with Crippen molar-refractivity contribution in [3.8, 4) is 0 Å². The second kappa shape index (κ2) is 5.96. The number of amides is 1. The van der Waals surface area contributed by atoms with Crippen molar-refractivity contribution in [1.82, 2.24) is 4.57 Å². The van der Waals surface area contributed by atoms with Gasteiger partial charge in [0.05, 0.1) is 6.20 Å². The van der Waals surface area contributed by atoms with E-state index in [0.29, 0.717) is 0 Å². The molecular formula is C20H20N3O+. The maximum absolute atomic E-state index is 12.5. The molecule has 1 heterocycles. The molecule has 0 atom stereocenters. The summed E-state index contributed by atoms with van der Waals surface area (Å²) in [6, 6.07) is 14.2. The van der Waals surface area contributed by atoms with Gasteiger partial charge in [0.2, 0.25) is 6.33 Å².